The zero-order valence-electron chi connectivity index (χ0n) is 14.2. The van der Waals surface area contributed by atoms with Crippen LogP contribution in [0.5, 0.6) is 0 Å². The summed E-state index contributed by atoms with van der Waals surface area (Å²) in [6.07, 6.45) is 12.6. The normalized spacial score (nSPS) is 25.3. The first-order valence-electron chi connectivity index (χ1n) is 9.24. The molecule has 1 saturated heterocycles. The first-order chi connectivity index (χ1) is 10.7. The summed E-state index contributed by atoms with van der Waals surface area (Å²) in [5, 5.41) is 22.3. The van der Waals surface area contributed by atoms with Gasteiger partial charge in [0.15, 0.2) is 0 Å². The molecule has 3 atom stereocenters. The van der Waals surface area contributed by atoms with Gasteiger partial charge in [-0.25, -0.2) is 0 Å². The van der Waals surface area contributed by atoms with Crippen molar-refractivity contribution in [2.45, 2.75) is 102 Å². The summed E-state index contributed by atoms with van der Waals surface area (Å²) in [4.78, 5) is 11.2. The molecule has 0 unspecified atom stereocenters. The Labute approximate surface area is 135 Å². The van der Waals surface area contributed by atoms with E-state index in [9.17, 15) is 15.0 Å². The predicted octanol–water partition coefficient (Wildman–Crippen LogP) is 2.95. The van der Waals surface area contributed by atoms with Crippen LogP contribution in [0.15, 0.2) is 0 Å². The summed E-state index contributed by atoms with van der Waals surface area (Å²) in [7, 11) is 0. The number of Topliss-reactive ketones (excluding diaryl/α,β-unsaturated/α-hetero) is 1. The summed E-state index contributed by atoms with van der Waals surface area (Å²) < 4.78 is 0. The molecule has 1 aliphatic heterocycles. The largest absolute Gasteiger partial charge is 0.395 e. The number of carbonyl (C=O) groups is 1. The summed E-state index contributed by atoms with van der Waals surface area (Å²) in [6.45, 7) is 1.96. The molecule has 1 aliphatic rings. The monoisotopic (exact) mass is 313 g/mol. The van der Waals surface area contributed by atoms with Gasteiger partial charge in [0.1, 0.15) is 5.78 Å². The number of rotatable bonds is 12. The van der Waals surface area contributed by atoms with Crippen molar-refractivity contribution in [1.82, 2.24) is 5.32 Å². The number of unbranched alkanes of at least 4 members (excludes halogenated alkanes) is 6. The second-order valence-electron chi connectivity index (χ2n) is 6.70. The molecule has 1 rings (SSSR count). The average Bonchev–Trinajstić information content (AvgIpc) is 2.54. The van der Waals surface area contributed by atoms with Crippen LogP contribution < -0.4 is 5.32 Å². The molecule has 0 radical (unpaired) electrons. The van der Waals surface area contributed by atoms with E-state index < -0.39 is 0 Å². The van der Waals surface area contributed by atoms with Crippen LogP contribution in [0.2, 0.25) is 0 Å². The molecule has 130 valence electrons. The van der Waals surface area contributed by atoms with Crippen molar-refractivity contribution in [3.63, 3.8) is 0 Å². The van der Waals surface area contributed by atoms with Crippen molar-refractivity contribution in [1.29, 1.82) is 0 Å². The fourth-order valence-corrected chi connectivity index (χ4v) is 3.25. The molecule has 0 saturated carbocycles. The quantitative estimate of drug-likeness (QED) is 0.485. The predicted molar refractivity (Wildman–Crippen MR) is 89.9 cm³/mol. The molecule has 1 heterocycles. The topological polar surface area (TPSA) is 69.6 Å². The molecule has 0 amide bonds. The van der Waals surface area contributed by atoms with Crippen molar-refractivity contribution < 1.29 is 15.0 Å². The van der Waals surface area contributed by atoms with Gasteiger partial charge in [-0.15, -0.1) is 0 Å². The van der Waals surface area contributed by atoms with E-state index in [0.29, 0.717) is 18.2 Å². The molecule has 4 nitrogen and oxygen atoms in total. The Bertz CT molecular complexity index is 296. The molecule has 0 bridgehead atoms. The van der Waals surface area contributed by atoms with Gasteiger partial charge in [0.2, 0.25) is 0 Å². The van der Waals surface area contributed by atoms with Crippen LogP contribution in [-0.2, 0) is 4.79 Å². The SMILES string of the molecule is CCC(=O)CCCCCCCCC[C@H]1CC[C@H](O)[C@@H](CO)N1. The first-order valence-corrected chi connectivity index (χ1v) is 9.24. The minimum absolute atomic E-state index is 0.0260. The summed E-state index contributed by atoms with van der Waals surface area (Å²) >= 11 is 0. The molecule has 1 fully saturated rings. The van der Waals surface area contributed by atoms with Crippen molar-refractivity contribution >= 4 is 5.78 Å². The van der Waals surface area contributed by atoms with Gasteiger partial charge in [-0.1, -0.05) is 45.4 Å². The number of aliphatic hydroxyl groups is 2. The Balaban J connectivity index is 1.90. The van der Waals surface area contributed by atoms with Gasteiger partial charge in [0.05, 0.1) is 18.8 Å². The van der Waals surface area contributed by atoms with Gasteiger partial charge >= 0.3 is 0 Å². The average molecular weight is 313 g/mol. The fourth-order valence-electron chi connectivity index (χ4n) is 3.25. The van der Waals surface area contributed by atoms with Crippen LogP contribution in [0.3, 0.4) is 0 Å². The number of aliphatic hydroxyl groups excluding tert-OH is 2. The Morgan fingerprint density at radius 1 is 1.05 bits per heavy atom. The van der Waals surface area contributed by atoms with E-state index >= 15 is 0 Å². The number of carbonyl (C=O) groups excluding carboxylic acids is 1. The van der Waals surface area contributed by atoms with Gasteiger partial charge in [0, 0.05) is 18.9 Å². The molecule has 0 aliphatic carbocycles. The van der Waals surface area contributed by atoms with E-state index in [-0.39, 0.29) is 18.8 Å². The molecule has 0 spiro atoms. The minimum Gasteiger partial charge on any atom is -0.395 e. The molecule has 3 N–H and O–H groups in total. The Morgan fingerprint density at radius 2 is 1.68 bits per heavy atom. The number of hydrogen-bond donors (Lipinski definition) is 3. The molecule has 0 aromatic heterocycles. The maximum atomic E-state index is 11.2. The zero-order valence-corrected chi connectivity index (χ0v) is 14.2. The fraction of sp³-hybridized carbons (Fsp3) is 0.944. The zero-order chi connectivity index (χ0) is 16.2. The molecule has 4 heteroatoms. The van der Waals surface area contributed by atoms with E-state index in [4.69, 9.17) is 0 Å². The number of hydrogen-bond acceptors (Lipinski definition) is 4. The molecule has 0 aromatic rings. The van der Waals surface area contributed by atoms with Crippen LogP contribution >= 0.6 is 0 Å². The van der Waals surface area contributed by atoms with Crippen LogP contribution in [-0.4, -0.2) is 40.8 Å². The lowest BCUT2D eigenvalue weighted by molar-refractivity contribution is -0.118. The highest BCUT2D eigenvalue weighted by Gasteiger charge is 2.27. The smallest absolute Gasteiger partial charge is 0.132 e. The van der Waals surface area contributed by atoms with Crippen LogP contribution in [0.25, 0.3) is 0 Å². The maximum Gasteiger partial charge on any atom is 0.132 e. The van der Waals surface area contributed by atoms with Crippen LogP contribution in [0, 0.1) is 0 Å². The molecule has 0 aromatic carbocycles. The third-order valence-electron chi connectivity index (χ3n) is 4.82. The van der Waals surface area contributed by atoms with Crippen molar-refractivity contribution in [2.24, 2.45) is 0 Å². The highest BCUT2D eigenvalue weighted by molar-refractivity contribution is 5.77. The van der Waals surface area contributed by atoms with Crippen LogP contribution in [0.1, 0.15) is 84.0 Å². The Hall–Kier alpha value is -0.450. The minimum atomic E-state index is -0.388. The molecule has 22 heavy (non-hydrogen) atoms. The van der Waals surface area contributed by atoms with Crippen molar-refractivity contribution in [2.75, 3.05) is 6.61 Å². The summed E-state index contributed by atoms with van der Waals surface area (Å²) in [6, 6.07) is 0.324. The lowest BCUT2D eigenvalue weighted by Gasteiger charge is -2.34. The van der Waals surface area contributed by atoms with Gasteiger partial charge in [-0.3, -0.25) is 4.79 Å². The van der Waals surface area contributed by atoms with E-state index in [2.05, 4.69) is 5.32 Å². The molecular weight excluding hydrogens is 278 g/mol. The van der Waals surface area contributed by atoms with Gasteiger partial charge in [-0.2, -0.15) is 0 Å². The van der Waals surface area contributed by atoms with E-state index in [0.717, 1.165) is 32.1 Å². The van der Waals surface area contributed by atoms with E-state index in [1.807, 2.05) is 6.92 Å². The lowest BCUT2D eigenvalue weighted by atomic mass is 9.93. The van der Waals surface area contributed by atoms with E-state index in [1.54, 1.807) is 0 Å². The third kappa shape index (κ3) is 8.25. The molecular formula is C18H35NO3. The maximum absolute atomic E-state index is 11.2. The van der Waals surface area contributed by atoms with E-state index in [1.165, 1.54) is 38.5 Å². The summed E-state index contributed by atoms with van der Waals surface area (Å²) in [5.41, 5.74) is 0. The van der Waals surface area contributed by atoms with Crippen LogP contribution in [0.4, 0.5) is 0 Å². The highest BCUT2D eigenvalue weighted by atomic mass is 16.3. The Morgan fingerprint density at radius 3 is 2.32 bits per heavy atom. The second kappa shape index (κ2) is 12.0. The summed E-state index contributed by atoms with van der Waals surface area (Å²) in [5.74, 6) is 0.395. The first kappa shape index (κ1) is 19.6. The second-order valence-corrected chi connectivity index (χ2v) is 6.70. The highest BCUT2D eigenvalue weighted by Crippen LogP contribution is 2.18. The van der Waals surface area contributed by atoms with Crippen molar-refractivity contribution in [3.8, 4) is 0 Å². The number of nitrogens with one attached hydrogen (secondary N) is 1. The number of piperidine rings is 1. The van der Waals surface area contributed by atoms with Gasteiger partial charge in [0.25, 0.3) is 0 Å². The third-order valence-corrected chi connectivity index (χ3v) is 4.82. The van der Waals surface area contributed by atoms with Gasteiger partial charge < -0.3 is 15.5 Å². The van der Waals surface area contributed by atoms with Gasteiger partial charge in [-0.05, 0) is 25.7 Å². The standard InChI is InChI=1S/C18H35NO3/c1-2-16(21)11-9-7-5-3-4-6-8-10-15-12-13-18(22)17(14-20)19-15/h15,17-20,22H,2-14H2,1H3/t15-,17+,18-/m0/s1. The Kier molecular flexibility index (Phi) is 10.7. The number of ketones is 1. The lowest BCUT2D eigenvalue weighted by Crippen LogP contribution is -2.52. The van der Waals surface area contributed by atoms with Crippen molar-refractivity contribution in [3.05, 3.63) is 0 Å².